The summed E-state index contributed by atoms with van der Waals surface area (Å²) in [6.45, 7) is 6.88. The molecule has 0 fully saturated rings. The fraction of sp³-hybridized carbons (Fsp3) is 0.500. The highest BCUT2D eigenvalue weighted by atomic mass is 79.9. The van der Waals surface area contributed by atoms with Crippen molar-refractivity contribution in [3.8, 4) is 0 Å². The number of halogens is 1. The maximum absolute atomic E-state index is 11.9. The molecular weight excluding hydrogens is 278 g/mol. The minimum Gasteiger partial charge on any atom is -0.352 e. The van der Waals surface area contributed by atoms with Crippen molar-refractivity contribution >= 4 is 21.8 Å². The van der Waals surface area contributed by atoms with Crippen LogP contribution in [0, 0.1) is 13.8 Å². The van der Waals surface area contributed by atoms with E-state index < -0.39 is 0 Å². The number of nitrogens with one attached hydrogen (secondary N) is 1. The Hall–Kier alpha value is -0.830. The summed E-state index contributed by atoms with van der Waals surface area (Å²) in [5.41, 5.74) is 3.02. The largest absolute Gasteiger partial charge is 0.352 e. The van der Waals surface area contributed by atoms with E-state index in [0.717, 1.165) is 36.1 Å². The van der Waals surface area contributed by atoms with Gasteiger partial charge in [0.1, 0.15) is 0 Å². The van der Waals surface area contributed by atoms with Crippen molar-refractivity contribution in [3.05, 3.63) is 34.9 Å². The molecule has 17 heavy (non-hydrogen) atoms. The van der Waals surface area contributed by atoms with Crippen LogP contribution in [0.2, 0.25) is 0 Å². The molecule has 94 valence electrons. The van der Waals surface area contributed by atoms with Crippen LogP contribution in [0.4, 0.5) is 0 Å². The number of aryl methyl sites for hydroxylation is 2. The van der Waals surface area contributed by atoms with Crippen LogP contribution in [0.5, 0.6) is 0 Å². The average molecular weight is 298 g/mol. The van der Waals surface area contributed by atoms with E-state index in [2.05, 4.69) is 34.2 Å². The van der Waals surface area contributed by atoms with Crippen molar-refractivity contribution < 1.29 is 4.79 Å². The smallest absolute Gasteiger partial charge is 0.251 e. The molecule has 0 bridgehead atoms. The Labute approximate surface area is 112 Å². The van der Waals surface area contributed by atoms with Crippen LogP contribution in [-0.2, 0) is 0 Å². The molecule has 0 aliphatic rings. The lowest BCUT2D eigenvalue weighted by Gasteiger charge is -2.07. The molecule has 0 aromatic heterocycles. The van der Waals surface area contributed by atoms with Gasteiger partial charge in [-0.3, -0.25) is 4.79 Å². The summed E-state index contributed by atoms with van der Waals surface area (Å²) in [5, 5.41) is 2.95. The zero-order valence-electron chi connectivity index (χ0n) is 10.7. The van der Waals surface area contributed by atoms with Crippen LogP contribution in [0.1, 0.15) is 41.3 Å². The van der Waals surface area contributed by atoms with Crippen molar-refractivity contribution in [2.45, 2.75) is 38.4 Å². The van der Waals surface area contributed by atoms with E-state index in [-0.39, 0.29) is 5.91 Å². The van der Waals surface area contributed by atoms with Crippen LogP contribution < -0.4 is 5.32 Å². The fourth-order valence-corrected chi connectivity index (χ4v) is 2.12. The van der Waals surface area contributed by atoms with Gasteiger partial charge in [0.05, 0.1) is 0 Å². The van der Waals surface area contributed by atoms with Crippen LogP contribution >= 0.6 is 15.9 Å². The zero-order chi connectivity index (χ0) is 12.8. The van der Waals surface area contributed by atoms with Gasteiger partial charge in [-0.05, 0) is 38.8 Å². The summed E-state index contributed by atoms with van der Waals surface area (Å²) in [5.74, 6) is 0.0269. The normalized spacial score (nSPS) is 12.2. The number of carbonyl (C=O) groups is 1. The summed E-state index contributed by atoms with van der Waals surface area (Å²) in [6, 6.07) is 5.92. The lowest BCUT2D eigenvalue weighted by atomic mass is 10.1. The van der Waals surface area contributed by atoms with Gasteiger partial charge in [-0.15, -0.1) is 0 Å². The van der Waals surface area contributed by atoms with Gasteiger partial charge in [0.2, 0.25) is 0 Å². The minimum atomic E-state index is 0.0269. The van der Waals surface area contributed by atoms with Crippen LogP contribution in [0.15, 0.2) is 18.2 Å². The monoisotopic (exact) mass is 297 g/mol. The van der Waals surface area contributed by atoms with E-state index in [9.17, 15) is 4.79 Å². The maximum atomic E-state index is 11.9. The quantitative estimate of drug-likeness (QED) is 0.653. The highest BCUT2D eigenvalue weighted by Gasteiger charge is 2.06. The molecule has 1 atom stereocenters. The molecule has 1 unspecified atom stereocenters. The summed E-state index contributed by atoms with van der Waals surface area (Å²) in [7, 11) is 0. The number of rotatable bonds is 5. The van der Waals surface area contributed by atoms with E-state index >= 15 is 0 Å². The average Bonchev–Trinajstić information content (AvgIpc) is 2.22. The number of amides is 1. The molecule has 0 spiro atoms. The van der Waals surface area contributed by atoms with Crippen LogP contribution in [-0.4, -0.2) is 17.3 Å². The standard InChI is InChI=1S/C14H20BrNO/c1-10-7-11(2)9-13(8-10)14(17)16-6-4-5-12(3)15/h7-9,12H,4-6H2,1-3H3,(H,16,17). The van der Waals surface area contributed by atoms with Crippen molar-refractivity contribution in [1.29, 1.82) is 0 Å². The van der Waals surface area contributed by atoms with E-state index in [1.807, 2.05) is 26.0 Å². The van der Waals surface area contributed by atoms with Crippen molar-refractivity contribution in [2.75, 3.05) is 6.54 Å². The highest BCUT2D eigenvalue weighted by molar-refractivity contribution is 9.09. The van der Waals surface area contributed by atoms with Gasteiger partial charge in [-0.1, -0.05) is 40.0 Å². The third kappa shape index (κ3) is 5.35. The molecule has 1 amide bonds. The number of alkyl halides is 1. The van der Waals surface area contributed by atoms with E-state index in [4.69, 9.17) is 0 Å². The third-order valence-corrected chi connectivity index (χ3v) is 3.01. The van der Waals surface area contributed by atoms with Crippen molar-refractivity contribution in [1.82, 2.24) is 5.32 Å². The first-order chi connectivity index (χ1) is 7.99. The molecule has 0 radical (unpaired) electrons. The van der Waals surface area contributed by atoms with Gasteiger partial charge in [-0.25, -0.2) is 0 Å². The molecule has 1 rings (SSSR count). The predicted molar refractivity (Wildman–Crippen MR) is 75.9 cm³/mol. The van der Waals surface area contributed by atoms with Crippen molar-refractivity contribution in [3.63, 3.8) is 0 Å². The zero-order valence-corrected chi connectivity index (χ0v) is 12.3. The Morgan fingerprint density at radius 2 is 1.88 bits per heavy atom. The Morgan fingerprint density at radius 1 is 1.29 bits per heavy atom. The Bertz CT molecular complexity index is 368. The van der Waals surface area contributed by atoms with E-state index in [1.54, 1.807) is 0 Å². The second-order valence-electron chi connectivity index (χ2n) is 4.56. The Morgan fingerprint density at radius 3 is 2.41 bits per heavy atom. The molecule has 0 saturated heterocycles. The van der Waals surface area contributed by atoms with Crippen LogP contribution in [0.25, 0.3) is 0 Å². The molecule has 3 heteroatoms. The Kier molecular flexibility index (Phi) is 5.69. The Balaban J connectivity index is 2.47. The predicted octanol–water partition coefficient (Wildman–Crippen LogP) is 3.60. The number of hydrogen-bond donors (Lipinski definition) is 1. The van der Waals surface area contributed by atoms with Gasteiger partial charge < -0.3 is 5.32 Å². The molecule has 1 aromatic carbocycles. The van der Waals surface area contributed by atoms with Crippen LogP contribution in [0.3, 0.4) is 0 Å². The lowest BCUT2D eigenvalue weighted by Crippen LogP contribution is -2.24. The summed E-state index contributed by atoms with van der Waals surface area (Å²) < 4.78 is 0. The topological polar surface area (TPSA) is 29.1 Å². The SMILES string of the molecule is Cc1cc(C)cc(C(=O)NCCCC(C)Br)c1. The maximum Gasteiger partial charge on any atom is 0.251 e. The fourth-order valence-electron chi connectivity index (χ4n) is 1.79. The van der Waals surface area contributed by atoms with E-state index in [0.29, 0.717) is 4.83 Å². The third-order valence-electron chi connectivity index (χ3n) is 2.55. The molecule has 1 N–H and O–H groups in total. The molecule has 0 heterocycles. The first-order valence-electron chi connectivity index (χ1n) is 5.99. The molecular formula is C14H20BrNO. The van der Waals surface area contributed by atoms with Gasteiger partial charge >= 0.3 is 0 Å². The second kappa shape index (κ2) is 6.80. The van der Waals surface area contributed by atoms with Gasteiger partial charge in [0.15, 0.2) is 0 Å². The molecule has 0 saturated carbocycles. The number of hydrogen-bond acceptors (Lipinski definition) is 1. The van der Waals surface area contributed by atoms with Crippen molar-refractivity contribution in [2.24, 2.45) is 0 Å². The first kappa shape index (κ1) is 14.2. The van der Waals surface area contributed by atoms with Gasteiger partial charge in [0, 0.05) is 16.9 Å². The second-order valence-corrected chi connectivity index (χ2v) is 6.12. The van der Waals surface area contributed by atoms with E-state index in [1.165, 1.54) is 0 Å². The highest BCUT2D eigenvalue weighted by Crippen LogP contribution is 2.09. The minimum absolute atomic E-state index is 0.0269. The molecule has 0 aliphatic heterocycles. The molecule has 1 aromatic rings. The van der Waals surface area contributed by atoms with Gasteiger partial charge in [-0.2, -0.15) is 0 Å². The lowest BCUT2D eigenvalue weighted by molar-refractivity contribution is 0.0953. The van der Waals surface area contributed by atoms with Gasteiger partial charge in [0.25, 0.3) is 5.91 Å². The summed E-state index contributed by atoms with van der Waals surface area (Å²) in [6.07, 6.45) is 2.08. The summed E-state index contributed by atoms with van der Waals surface area (Å²) in [4.78, 5) is 12.4. The number of benzene rings is 1. The molecule has 0 aliphatic carbocycles. The number of carbonyl (C=O) groups excluding carboxylic acids is 1. The summed E-state index contributed by atoms with van der Waals surface area (Å²) >= 11 is 3.49. The first-order valence-corrected chi connectivity index (χ1v) is 6.91. The molecule has 2 nitrogen and oxygen atoms in total.